The van der Waals surface area contributed by atoms with Crippen LogP contribution in [0.4, 0.5) is 0 Å². The Hall–Kier alpha value is -1.60. The Morgan fingerprint density at radius 1 is 1.27 bits per heavy atom. The second-order valence-corrected chi connectivity index (χ2v) is 5.94. The summed E-state index contributed by atoms with van der Waals surface area (Å²) in [4.78, 5) is 9.19. The lowest BCUT2D eigenvalue weighted by atomic mass is 10.2. The molecule has 1 aromatic rings. The summed E-state index contributed by atoms with van der Waals surface area (Å²) >= 11 is 0. The zero-order chi connectivity index (χ0) is 15.9. The Balaban J connectivity index is 1.73. The number of nitrogens with zero attached hydrogens (tertiary/aromatic N) is 5. The van der Waals surface area contributed by atoms with Crippen molar-refractivity contribution in [3.05, 3.63) is 18.0 Å². The number of rotatable bonds is 5. The summed E-state index contributed by atoms with van der Waals surface area (Å²) in [6.07, 6.45) is 1.81. The number of aryl methyl sites for hydroxylation is 1. The fourth-order valence-electron chi connectivity index (χ4n) is 2.61. The normalized spacial score (nSPS) is 19.2. The van der Waals surface area contributed by atoms with Crippen molar-refractivity contribution < 1.29 is 0 Å². The molecule has 2 rings (SSSR count). The Morgan fingerprint density at radius 2 is 2.00 bits per heavy atom. The zero-order valence-electron chi connectivity index (χ0n) is 14.2. The highest BCUT2D eigenvalue weighted by atomic mass is 15.3. The van der Waals surface area contributed by atoms with Gasteiger partial charge in [-0.3, -0.25) is 14.6 Å². The van der Waals surface area contributed by atoms with Crippen LogP contribution in [0.3, 0.4) is 0 Å². The van der Waals surface area contributed by atoms with Crippen molar-refractivity contribution in [2.45, 2.75) is 19.5 Å². The second kappa shape index (κ2) is 8.14. The zero-order valence-corrected chi connectivity index (χ0v) is 14.2. The highest BCUT2D eigenvalue weighted by molar-refractivity contribution is 5.79. The molecule has 0 radical (unpaired) electrons. The van der Waals surface area contributed by atoms with Gasteiger partial charge in [-0.15, -0.1) is 0 Å². The van der Waals surface area contributed by atoms with Gasteiger partial charge in [-0.1, -0.05) is 0 Å². The minimum absolute atomic E-state index is 0.504. The molecule has 1 aliphatic rings. The molecule has 7 heteroatoms. The largest absolute Gasteiger partial charge is 0.355 e. The number of aliphatic imine (C=N–C) groups is 1. The number of likely N-dealkylation sites (N-methyl/N-ethyl adjacent to an activating group) is 1. The molecule has 0 aromatic carbocycles. The van der Waals surface area contributed by atoms with Crippen LogP contribution in [0.2, 0.25) is 0 Å². The van der Waals surface area contributed by atoms with Crippen molar-refractivity contribution in [2.75, 3.05) is 46.8 Å². The maximum absolute atomic E-state index is 4.28. The minimum atomic E-state index is 0.504. The number of hydrogen-bond donors (Lipinski definition) is 2. The van der Waals surface area contributed by atoms with E-state index < -0.39 is 0 Å². The predicted molar refractivity (Wildman–Crippen MR) is 89.9 cm³/mol. The smallest absolute Gasteiger partial charge is 0.191 e. The van der Waals surface area contributed by atoms with Crippen molar-refractivity contribution in [3.8, 4) is 0 Å². The Labute approximate surface area is 133 Å². The van der Waals surface area contributed by atoms with E-state index in [0.717, 1.165) is 50.9 Å². The first kappa shape index (κ1) is 16.8. The van der Waals surface area contributed by atoms with E-state index in [4.69, 9.17) is 0 Å². The van der Waals surface area contributed by atoms with E-state index in [2.05, 4.69) is 44.5 Å². The number of hydrogen-bond acceptors (Lipinski definition) is 4. The van der Waals surface area contributed by atoms with Crippen LogP contribution < -0.4 is 10.6 Å². The van der Waals surface area contributed by atoms with Gasteiger partial charge in [0.2, 0.25) is 0 Å². The van der Waals surface area contributed by atoms with Crippen molar-refractivity contribution >= 4 is 5.96 Å². The van der Waals surface area contributed by atoms with E-state index in [0.29, 0.717) is 6.04 Å². The third-order valence-electron chi connectivity index (χ3n) is 4.31. The number of nitrogens with one attached hydrogen (secondary N) is 2. The van der Waals surface area contributed by atoms with Gasteiger partial charge in [0.05, 0.1) is 12.2 Å². The van der Waals surface area contributed by atoms with Crippen LogP contribution >= 0.6 is 0 Å². The molecule has 1 saturated heterocycles. The van der Waals surface area contributed by atoms with Crippen LogP contribution in [-0.2, 0) is 13.6 Å². The molecule has 1 fully saturated rings. The summed E-state index contributed by atoms with van der Waals surface area (Å²) in [7, 11) is 5.94. The Bertz CT molecular complexity index is 474. The van der Waals surface area contributed by atoms with E-state index in [9.17, 15) is 0 Å². The molecule has 2 heterocycles. The summed E-state index contributed by atoms with van der Waals surface area (Å²) in [5, 5.41) is 10.9. The number of guanidine groups is 1. The highest BCUT2D eigenvalue weighted by Crippen LogP contribution is 2.04. The highest BCUT2D eigenvalue weighted by Gasteiger charge is 2.19. The first-order chi connectivity index (χ1) is 10.6. The van der Waals surface area contributed by atoms with Gasteiger partial charge in [0.25, 0.3) is 0 Å². The van der Waals surface area contributed by atoms with Gasteiger partial charge in [-0.2, -0.15) is 5.10 Å². The third-order valence-corrected chi connectivity index (χ3v) is 4.31. The molecule has 0 saturated carbocycles. The molecule has 0 bridgehead atoms. The van der Waals surface area contributed by atoms with E-state index in [-0.39, 0.29) is 0 Å². The van der Waals surface area contributed by atoms with Gasteiger partial charge in [0.15, 0.2) is 5.96 Å². The summed E-state index contributed by atoms with van der Waals surface area (Å²) in [5.74, 6) is 0.835. The van der Waals surface area contributed by atoms with Gasteiger partial charge in [-0.05, 0) is 20.0 Å². The quantitative estimate of drug-likeness (QED) is 0.579. The molecule has 0 aliphatic carbocycles. The minimum Gasteiger partial charge on any atom is -0.355 e. The van der Waals surface area contributed by atoms with Gasteiger partial charge < -0.3 is 15.5 Å². The van der Waals surface area contributed by atoms with E-state index >= 15 is 0 Å². The lowest BCUT2D eigenvalue weighted by molar-refractivity contribution is 0.120. The van der Waals surface area contributed by atoms with E-state index in [1.807, 2.05) is 24.0 Å². The van der Waals surface area contributed by atoms with Gasteiger partial charge >= 0.3 is 0 Å². The van der Waals surface area contributed by atoms with Crippen LogP contribution in [0.25, 0.3) is 0 Å². The lowest BCUT2D eigenvalue weighted by Crippen LogP contribution is -2.52. The molecule has 0 amide bonds. The molecule has 124 valence electrons. The van der Waals surface area contributed by atoms with Crippen molar-refractivity contribution in [1.82, 2.24) is 30.2 Å². The molecular formula is C15H29N7. The van der Waals surface area contributed by atoms with E-state index in [1.54, 1.807) is 7.05 Å². The fraction of sp³-hybridized carbons (Fsp3) is 0.733. The number of aromatic nitrogens is 2. The summed E-state index contributed by atoms with van der Waals surface area (Å²) in [6, 6.07) is 2.51. The monoisotopic (exact) mass is 307 g/mol. The first-order valence-corrected chi connectivity index (χ1v) is 7.94. The van der Waals surface area contributed by atoms with Crippen LogP contribution in [-0.4, -0.2) is 78.4 Å². The Kier molecular flexibility index (Phi) is 6.21. The topological polar surface area (TPSA) is 60.7 Å². The molecule has 2 N–H and O–H groups in total. The van der Waals surface area contributed by atoms with Crippen LogP contribution in [0.15, 0.2) is 17.3 Å². The predicted octanol–water partition coefficient (Wildman–Crippen LogP) is -0.279. The first-order valence-electron chi connectivity index (χ1n) is 7.94. The third kappa shape index (κ3) is 4.71. The van der Waals surface area contributed by atoms with Crippen molar-refractivity contribution in [2.24, 2.45) is 12.0 Å². The standard InChI is InChI=1S/C15H29N7/c1-13(22-9-7-20(3)8-10-22)11-17-15(16-2)18-12-14-5-6-19-21(14)4/h5-6,13H,7-12H2,1-4H3,(H2,16,17,18). The van der Waals surface area contributed by atoms with E-state index in [1.165, 1.54) is 0 Å². The summed E-state index contributed by atoms with van der Waals surface area (Å²) < 4.78 is 1.87. The molecule has 7 nitrogen and oxygen atoms in total. The summed E-state index contributed by atoms with van der Waals surface area (Å²) in [6.45, 7) is 8.47. The molecular weight excluding hydrogens is 278 g/mol. The van der Waals surface area contributed by atoms with Gasteiger partial charge in [0.1, 0.15) is 0 Å². The lowest BCUT2D eigenvalue weighted by Gasteiger charge is -2.36. The second-order valence-electron chi connectivity index (χ2n) is 5.94. The van der Waals surface area contributed by atoms with Gasteiger partial charge in [-0.25, -0.2) is 0 Å². The van der Waals surface area contributed by atoms with Crippen LogP contribution in [0.1, 0.15) is 12.6 Å². The SMILES string of the molecule is CN=C(NCc1ccnn1C)NCC(C)N1CCN(C)CC1. The maximum atomic E-state index is 4.28. The van der Waals surface area contributed by atoms with Crippen LogP contribution in [0, 0.1) is 0 Å². The summed E-state index contributed by atoms with van der Waals surface area (Å²) in [5.41, 5.74) is 1.13. The van der Waals surface area contributed by atoms with Gasteiger partial charge in [0, 0.05) is 59.1 Å². The number of piperazine rings is 1. The molecule has 1 aromatic heterocycles. The molecule has 22 heavy (non-hydrogen) atoms. The molecule has 1 unspecified atom stereocenters. The fourth-order valence-corrected chi connectivity index (χ4v) is 2.61. The average Bonchev–Trinajstić information content (AvgIpc) is 2.93. The molecule has 0 spiro atoms. The Morgan fingerprint density at radius 3 is 2.59 bits per heavy atom. The molecule has 1 atom stereocenters. The van der Waals surface area contributed by atoms with Crippen LogP contribution in [0.5, 0.6) is 0 Å². The average molecular weight is 307 g/mol. The van der Waals surface area contributed by atoms with Crippen molar-refractivity contribution in [1.29, 1.82) is 0 Å². The molecule has 1 aliphatic heterocycles. The maximum Gasteiger partial charge on any atom is 0.191 e. The van der Waals surface area contributed by atoms with Crippen molar-refractivity contribution in [3.63, 3.8) is 0 Å².